The van der Waals surface area contributed by atoms with Crippen LogP contribution in [0.15, 0.2) is 36.9 Å². The summed E-state index contributed by atoms with van der Waals surface area (Å²) in [7, 11) is 0. The van der Waals surface area contributed by atoms with Crippen LogP contribution in [-0.2, 0) is 13.0 Å². The Morgan fingerprint density at radius 3 is 2.76 bits per heavy atom. The number of aromatic nitrogens is 3. The zero-order valence-electron chi connectivity index (χ0n) is 11.4. The predicted octanol–water partition coefficient (Wildman–Crippen LogP) is 1.69. The summed E-state index contributed by atoms with van der Waals surface area (Å²) < 4.78 is 15.4. The van der Waals surface area contributed by atoms with E-state index in [0.29, 0.717) is 18.4 Å². The van der Waals surface area contributed by atoms with Gasteiger partial charge in [-0.2, -0.15) is 10.4 Å². The van der Waals surface area contributed by atoms with Gasteiger partial charge in [0, 0.05) is 6.42 Å². The average Bonchev–Trinajstić information content (AvgIpc) is 3.14. The fourth-order valence-electron chi connectivity index (χ4n) is 2.72. The van der Waals surface area contributed by atoms with Crippen molar-refractivity contribution < 1.29 is 9.50 Å². The van der Waals surface area contributed by atoms with Crippen LogP contribution in [-0.4, -0.2) is 25.5 Å². The lowest BCUT2D eigenvalue weighted by Crippen LogP contribution is -2.45. The van der Waals surface area contributed by atoms with Crippen molar-refractivity contribution in [1.82, 2.24) is 14.8 Å². The monoisotopic (exact) mass is 286 g/mol. The lowest BCUT2D eigenvalue weighted by atomic mass is 9.80. The summed E-state index contributed by atoms with van der Waals surface area (Å²) in [5.74, 6) is -0.372. The molecule has 0 bridgehead atoms. The third-order valence-electron chi connectivity index (χ3n) is 4.19. The van der Waals surface area contributed by atoms with Gasteiger partial charge in [0.1, 0.15) is 24.1 Å². The molecular formula is C15H15FN4O. The molecule has 2 aromatic rings. The van der Waals surface area contributed by atoms with Gasteiger partial charge in [-0.25, -0.2) is 9.37 Å². The number of nitrogens with zero attached hydrogens (tertiary/aromatic N) is 4. The number of halogens is 1. The van der Waals surface area contributed by atoms with Crippen molar-refractivity contribution >= 4 is 0 Å². The van der Waals surface area contributed by atoms with E-state index < -0.39 is 11.0 Å². The summed E-state index contributed by atoms with van der Waals surface area (Å²) in [6.45, 7) is 0.120. The molecule has 1 N–H and O–H groups in total. The van der Waals surface area contributed by atoms with Gasteiger partial charge < -0.3 is 5.11 Å². The highest BCUT2D eigenvalue weighted by molar-refractivity contribution is 5.26. The first-order valence-corrected chi connectivity index (χ1v) is 6.78. The molecule has 21 heavy (non-hydrogen) atoms. The molecule has 6 heteroatoms. The van der Waals surface area contributed by atoms with E-state index in [9.17, 15) is 14.8 Å². The fraction of sp³-hybridized carbons (Fsp3) is 0.400. The minimum absolute atomic E-state index is 0.0765. The maximum absolute atomic E-state index is 13.9. The van der Waals surface area contributed by atoms with Crippen LogP contribution in [0.2, 0.25) is 0 Å². The van der Waals surface area contributed by atoms with E-state index in [1.54, 1.807) is 18.2 Å². The Morgan fingerprint density at radius 1 is 1.43 bits per heavy atom. The highest BCUT2D eigenvalue weighted by Gasteiger charge is 2.60. The van der Waals surface area contributed by atoms with Crippen LogP contribution in [0.5, 0.6) is 0 Å². The third-order valence-corrected chi connectivity index (χ3v) is 4.19. The normalized spacial score (nSPS) is 18.7. The number of hydrogen-bond acceptors (Lipinski definition) is 4. The minimum atomic E-state index is -1.36. The highest BCUT2D eigenvalue weighted by Crippen LogP contribution is 2.55. The Kier molecular flexibility index (Phi) is 3.22. The number of rotatable bonds is 5. The van der Waals surface area contributed by atoms with Gasteiger partial charge in [0.05, 0.1) is 18.0 Å². The molecule has 5 nitrogen and oxygen atoms in total. The van der Waals surface area contributed by atoms with E-state index in [1.165, 1.54) is 23.4 Å². The molecule has 0 radical (unpaired) electrons. The minimum Gasteiger partial charge on any atom is -0.386 e. The van der Waals surface area contributed by atoms with Crippen molar-refractivity contribution in [2.45, 2.75) is 31.4 Å². The van der Waals surface area contributed by atoms with Gasteiger partial charge in [-0.15, -0.1) is 0 Å². The molecule has 1 aliphatic carbocycles. The van der Waals surface area contributed by atoms with Crippen LogP contribution < -0.4 is 0 Å². The van der Waals surface area contributed by atoms with Crippen LogP contribution in [0.3, 0.4) is 0 Å². The molecule has 0 amide bonds. The standard InChI is InChI=1S/C15H15FN4O/c16-13-4-2-1-3-12(13)7-15(21,14(8-17)5-6-14)9-20-11-18-10-19-20/h1-4,10-11,21H,5-7,9H2. The average molecular weight is 286 g/mol. The van der Waals surface area contributed by atoms with Gasteiger partial charge in [0.25, 0.3) is 0 Å². The SMILES string of the molecule is N#CC1(C(O)(Cc2ccccc2F)Cn2cncn2)CC1. The van der Waals surface area contributed by atoms with Crippen LogP contribution in [0.1, 0.15) is 18.4 Å². The zero-order chi connectivity index (χ0) is 14.9. The van der Waals surface area contributed by atoms with Crippen molar-refractivity contribution in [2.24, 2.45) is 5.41 Å². The van der Waals surface area contributed by atoms with Crippen LogP contribution in [0.25, 0.3) is 0 Å². The molecule has 1 heterocycles. The van der Waals surface area contributed by atoms with Crippen molar-refractivity contribution in [3.8, 4) is 6.07 Å². The smallest absolute Gasteiger partial charge is 0.137 e. The molecule has 0 aliphatic heterocycles. The van der Waals surface area contributed by atoms with E-state index in [1.807, 2.05) is 0 Å². The fourth-order valence-corrected chi connectivity index (χ4v) is 2.72. The first-order chi connectivity index (χ1) is 10.1. The van der Waals surface area contributed by atoms with Crippen molar-refractivity contribution in [3.63, 3.8) is 0 Å². The number of benzene rings is 1. The van der Waals surface area contributed by atoms with Crippen molar-refractivity contribution in [1.29, 1.82) is 5.26 Å². The van der Waals surface area contributed by atoms with Gasteiger partial charge >= 0.3 is 0 Å². The maximum Gasteiger partial charge on any atom is 0.137 e. The summed E-state index contributed by atoms with van der Waals surface area (Å²) in [6.07, 6.45) is 4.16. The first kappa shape index (κ1) is 13.7. The van der Waals surface area contributed by atoms with Gasteiger partial charge in [0.2, 0.25) is 0 Å². The van der Waals surface area contributed by atoms with E-state index in [-0.39, 0.29) is 18.8 Å². The maximum atomic E-state index is 13.9. The molecule has 1 aliphatic rings. The summed E-state index contributed by atoms with van der Waals surface area (Å²) in [5, 5.41) is 24.5. The summed E-state index contributed by atoms with van der Waals surface area (Å²) in [4.78, 5) is 3.84. The van der Waals surface area contributed by atoms with Crippen molar-refractivity contribution in [2.75, 3.05) is 0 Å². The topological polar surface area (TPSA) is 74.7 Å². The second-order valence-electron chi connectivity index (χ2n) is 5.59. The molecule has 0 saturated heterocycles. The number of nitriles is 1. The molecule has 3 rings (SSSR count). The quantitative estimate of drug-likeness (QED) is 0.907. The Labute approximate surface area is 121 Å². The Hall–Kier alpha value is -2.26. The van der Waals surface area contributed by atoms with Crippen molar-refractivity contribution in [3.05, 3.63) is 48.3 Å². The van der Waals surface area contributed by atoms with Gasteiger partial charge in [-0.05, 0) is 24.5 Å². The predicted molar refractivity (Wildman–Crippen MR) is 72.4 cm³/mol. The van der Waals surface area contributed by atoms with E-state index >= 15 is 0 Å². The van der Waals surface area contributed by atoms with E-state index in [2.05, 4.69) is 16.2 Å². The van der Waals surface area contributed by atoms with Crippen LogP contribution >= 0.6 is 0 Å². The Bertz CT molecular complexity index is 675. The summed E-state index contributed by atoms with van der Waals surface area (Å²) in [5.41, 5.74) is -1.79. The number of hydrogen-bond donors (Lipinski definition) is 1. The molecule has 1 unspecified atom stereocenters. The molecule has 1 saturated carbocycles. The summed E-state index contributed by atoms with van der Waals surface area (Å²) >= 11 is 0. The lowest BCUT2D eigenvalue weighted by molar-refractivity contribution is -0.0287. The van der Waals surface area contributed by atoms with Gasteiger partial charge in [-0.3, -0.25) is 4.68 Å². The molecular weight excluding hydrogens is 271 g/mol. The highest BCUT2D eigenvalue weighted by atomic mass is 19.1. The van der Waals surface area contributed by atoms with E-state index in [4.69, 9.17) is 0 Å². The van der Waals surface area contributed by atoms with Crippen LogP contribution in [0.4, 0.5) is 4.39 Å². The van der Waals surface area contributed by atoms with Gasteiger partial charge in [0.15, 0.2) is 0 Å². The molecule has 0 spiro atoms. The van der Waals surface area contributed by atoms with Gasteiger partial charge in [-0.1, -0.05) is 18.2 Å². The van der Waals surface area contributed by atoms with Crippen LogP contribution in [0, 0.1) is 22.6 Å². The zero-order valence-corrected chi connectivity index (χ0v) is 11.4. The summed E-state index contributed by atoms with van der Waals surface area (Å²) in [6, 6.07) is 8.53. The third kappa shape index (κ3) is 2.41. The lowest BCUT2D eigenvalue weighted by Gasteiger charge is -2.32. The molecule has 108 valence electrons. The van der Waals surface area contributed by atoms with E-state index in [0.717, 1.165) is 0 Å². The largest absolute Gasteiger partial charge is 0.386 e. The molecule has 1 aromatic heterocycles. The Morgan fingerprint density at radius 2 is 2.19 bits per heavy atom. The second kappa shape index (κ2) is 4.93. The Balaban J connectivity index is 1.93. The molecule has 1 atom stereocenters. The number of aliphatic hydroxyl groups is 1. The second-order valence-corrected chi connectivity index (χ2v) is 5.59. The first-order valence-electron chi connectivity index (χ1n) is 6.78. The molecule has 1 aromatic carbocycles. The molecule has 1 fully saturated rings.